The third-order valence-corrected chi connectivity index (χ3v) is 5.08. The van der Waals surface area contributed by atoms with Crippen LogP contribution in [-0.2, 0) is 16.0 Å². The zero-order valence-electron chi connectivity index (χ0n) is 13.4. The normalized spacial score (nSPS) is 17.3. The van der Waals surface area contributed by atoms with E-state index in [1.807, 2.05) is 17.5 Å². The van der Waals surface area contributed by atoms with Crippen LogP contribution in [0.2, 0.25) is 0 Å². The van der Waals surface area contributed by atoms with E-state index in [2.05, 4.69) is 5.32 Å². The molecule has 2 amide bonds. The first kappa shape index (κ1) is 16.6. The number of carbonyl (C=O) groups excluding carboxylic acids is 2. The molecule has 1 N–H and O–H groups in total. The van der Waals surface area contributed by atoms with Gasteiger partial charge in [0.2, 0.25) is 11.8 Å². The number of anilines is 1. The Kier molecular flexibility index (Phi) is 4.94. The first-order valence-corrected chi connectivity index (χ1v) is 8.79. The smallest absolute Gasteiger partial charge is 0.227 e. The van der Waals surface area contributed by atoms with E-state index < -0.39 is 11.7 Å². The number of hydrogen-bond donors (Lipinski definition) is 1. The van der Waals surface area contributed by atoms with E-state index in [4.69, 9.17) is 0 Å². The zero-order chi connectivity index (χ0) is 17.1. The van der Waals surface area contributed by atoms with Crippen molar-refractivity contribution in [3.8, 4) is 0 Å². The number of benzene rings is 1. The summed E-state index contributed by atoms with van der Waals surface area (Å²) in [6, 6.07) is 8.76. The molecule has 1 aliphatic rings. The summed E-state index contributed by atoms with van der Waals surface area (Å²) in [6.07, 6.45) is 0.901. The van der Waals surface area contributed by atoms with Crippen molar-refractivity contribution < 1.29 is 14.0 Å². The molecule has 2 aromatic rings. The number of thiophene rings is 1. The Morgan fingerprint density at radius 2 is 2.25 bits per heavy atom. The number of aryl methyl sites for hydroxylation is 1. The van der Waals surface area contributed by atoms with Crippen molar-refractivity contribution in [2.24, 2.45) is 5.92 Å². The van der Waals surface area contributed by atoms with Crippen molar-refractivity contribution in [1.82, 2.24) is 5.32 Å². The monoisotopic (exact) mass is 346 g/mol. The molecule has 3 rings (SSSR count). The van der Waals surface area contributed by atoms with Crippen molar-refractivity contribution >= 4 is 28.8 Å². The third-order valence-electron chi connectivity index (χ3n) is 4.14. The maximum absolute atomic E-state index is 14.1. The van der Waals surface area contributed by atoms with Gasteiger partial charge in [-0.15, -0.1) is 11.3 Å². The summed E-state index contributed by atoms with van der Waals surface area (Å²) < 4.78 is 14.1. The minimum atomic E-state index is -0.429. The molecule has 6 heteroatoms. The second kappa shape index (κ2) is 7.13. The number of nitrogens with zero attached hydrogens (tertiary/aromatic N) is 1. The molecule has 1 aromatic carbocycles. The molecular formula is C18H19FN2O2S. The van der Waals surface area contributed by atoms with Crippen LogP contribution in [0.4, 0.5) is 10.1 Å². The van der Waals surface area contributed by atoms with E-state index in [0.29, 0.717) is 6.54 Å². The molecule has 0 radical (unpaired) electrons. The predicted molar refractivity (Wildman–Crippen MR) is 92.6 cm³/mol. The Morgan fingerprint density at radius 1 is 1.42 bits per heavy atom. The van der Waals surface area contributed by atoms with Crippen molar-refractivity contribution in [3.63, 3.8) is 0 Å². The average Bonchev–Trinajstić information content (AvgIpc) is 3.17. The molecule has 24 heavy (non-hydrogen) atoms. The van der Waals surface area contributed by atoms with Gasteiger partial charge in [0.25, 0.3) is 0 Å². The summed E-state index contributed by atoms with van der Waals surface area (Å²) in [4.78, 5) is 27.0. The van der Waals surface area contributed by atoms with Gasteiger partial charge in [-0.05, 0) is 42.5 Å². The van der Waals surface area contributed by atoms with Gasteiger partial charge in [-0.3, -0.25) is 9.59 Å². The van der Waals surface area contributed by atoms with Gasteiger partial charge in [-0.2, -0.15) is 0 Å². The highest BCUT2D eigenvalue weighted by Crippen LogP contribution is 2.28. The second-order valence-corrected chi connectivity index (χ2v) is 7.01. The first-order valence-electron chi connectivity index (χ1n) is 7.91. The number of halogens is 1. The summed E-state index contributed by atoms with van der Waals surface area (Å²) >= 11 is 1.65. The highest BCUT2D eigenvalue weighted by Gasteiger charge is 2.35. The highest BCUT2D eigenvalue weighted by molar-refractivity contribution is 7.09. The van der Waals surface area contributed by atoms with Crippen molar-refractivity contribution in [3.05, 3.63) is 52.0 Å². The van der Waals surface area contributed by atoms with Crippen LogP contribution in [0.3, 0.4) is 0 Å². The van der Waals surface area contributed by atoms with Gasteiger partial charge in [-0.1, -0.05) is 12.1 Å². The minimum absolute atomic E-state index is 0.123. The Labute approximate surface area is 144 Å². The summed E-state index contributed by atoms with van der Waals surface area (Å²) in [6.45, 7) is 2.56. The molecule has 1 aromatic heterocycles. The molecule has 4 nitrogen and oxygen atoms in total. The molecule has 0 saturated carbocycles. The summed E-state index contributed by atoms with van der Waals surface area (Å²) in [5, 5.41) is 4.88. The lowest BCUT2D eigenvalue weighted by Crippen LogP contribution is -2.34. The Hall–Kier alpha value is -2.21. The quantitative estimate of drug-likeness (QED) is 0.905. The Morgan fingerprint density at radius 3 is 2.96 bits per heavy atom. The fourth-order valence-corrected chi connectivity index (χ4v) is 3.56. The predicted octanol–water partition coefficient (Wildman–Crippen LogP) is 2.91. The maximum Gasteiger partial charge on any atom is 0.227 e. The first-order chi connectivity index (χ1) is 11.5. The zero-order valence-corrected chi connectivity index (χ0v) is 14.2. The van der Waals surface area contributed by atoms with Gasteiger partial charge in [0, 0.05) is 24.4 Å². The van der Waals surface area contributed by atoms with Gasteiger partial charge >= 0.3 is 0 Å². The van der Waals surface area contributed by atoms with E-state index in [1.54, 1.807) is 30.4 Å². The van der Waals surface area contributed by atoms with Crippen LogP contribution in [0.15, 0.2) is 35.7 Å². The highest BCUT2D eigenvalue weighted by atomic mass is 32.1. The number of nitrogens with one attached hydrogen (secondary N) is 1. The molecule has 2 heterocycles. The van der Waals surface area contributed by atoms with Gasteiger partial charge < -0.3 is 10.2 Å². The minimum Gasteiger partial charge on any atom is -0.355 e. The maximum atomic E-state index is 14.1. The van der Waals surface area contributed by atoms with E-state index >= 15 is 0 Å². The average molecular weight is 346 g/mol. The molecule has 0 aliphatic carbocycles. The van der Waals surface area contributed by atoms with Crippen molar-refractivity contribution in [2.75, 3.05) is 18.0 Å². The molecule has 1 unspecified atom stereocenters. The molecule has 1 aliphatic heterocycles. The van der Waals surface area contributed by atoms with Crippen molar-refractivity contribution in [1.29, 1.82) is 0 Å². The Balaban J connectivity index is 1.58. The topological polar surface area (TPSA) is 49.4 Å². The molecule has 1 atom stereocenters. The molecule has 1 saturated heterocycles. The molecule has 0 bridgehead atoms. The summed E-state index contributed by atoms with van der Waals surface area (Å²) in [5.74, 6) is -1.21. The number of hydrogen-bond acceptors (Lipinski definition) is 3. The fourth-order valence-electron chi connectivity index (χ4n) is 2.85. The van der Waals surface area contributed by atoms with Gasteiger partial charge in [-0.25, -0.2) is 4.39 Å². The summed E-state index contributed by atoms with van der Waals surface area (Å²) in [5.41, 5.74) is 1.05. The molecule has 1 fully saturated rings. The largest absolute Gasteiger partial charge is 0.355 e. The second-order valence-electron chi connectivity index (χ2n) is 5.98. The lowest BCUT2D eigenvalue weighted by molar-refractivity contribution is -0.126. The van der Waals surface area contributed by atoms with Crippen LogP contribution in [-0.4, -0.2) is 24.9 Å². The SMILES string of the molecule is Cc1ccc(N2CC(C(=O)NCCc3cccs3)CC2=O)c(F)c1. The molecule has 0 spiro atoms. The standard InChI is InChI=1S/C18H19FN2O2S/c1-12-4-5-16(15(19)9-12)21-11-13(10-17(21)22)18(23)20-7-6-14-3-2-8-24-14/h2-5,8-9,13H,6-7,10-11H2,1H3,(H,20,23). The van der Waals surface area contributed by atoms with Crippen LogP contribution in [0.5, 0.6) is 0 Å². The molecule has 126 valence electrons. The van der Waals surface area contributed by atoms with E-state index in [9.17, 15) is 14.0 Å². The molecular weight excluding hydrogens is 327 g/mol. The van der Waals surface area contributed by atoms with Gasteiger partial charge in [0.1, 0.15) is 5.82 Å². The van der Waals surface area contributed by atoms with Crippen LogP contribution in [0.25, 0.3) is 0 Å². The lowest BCUT2D eigenvalue weighted by Gasteiger charge is -2.17. The third kappa shape index (κ3) is 3.64. The number of rotatable bonds is 5. The number of amides is 2. The van der Waals surface area contributed by atoms with Gasteiger partial charge in [0.05, 0.1) is 11.6 Å². The van der Waals surface area contributed by atoms with Crippen LogP contribution in [0.1, 0.15) is 16.9 Å². The van der Waals surface area contributed by atoms with E-state index in [0.717, 1.165) is 12.0 Å². The number of carbonyl (C=O) groups is 2. The van der Waals surface area contributed by atoms with Crippen LogP contribution >= 0.6 is 11.3 Å². The van der Waals surface area contributed by atoms with E-state index in [1.165, 1.54) is 15.8 Å². The fraction of sp³-hybridized carbons (Fsp3) is 0.333. The van der Waals surface area contributed by atoms with Crippen LogP contribution < -0.4 is 10.2 Å². The van der Waals surface area contributed by atoms with Crippen LogP contribution in [0, 0.1) is 18.7 Å². The summed E-state index contributed by atoms with van der Waals surface area (Å²) in [7, 11) is 0. The lowest BCUT2D eigenvalue weighted by atomic mass is 10.1. The Bertz CT molecular complexity index is 745. The van der Waals surface area contributed by atoms with Crippen molar-refractivity contribution in [2.45, 2.75) is 19.8 Å². The van der Waals surface area contributed by atoms with Gasteiger partial charge in [0.15, 0.2) is 0 Å². The van der Waals surface area contributed by atoms with E-state index in [-0.39, 0.29) is 30.5 Å².